The molecule has 2 rings (SSSR count). The molecule has 2 aromatic rings. The zero-order valence-corrected chi connectivity index (χ0v) is 12.3. The molecule has 1 heterocycles. The van der Waals surface area contributed by atoms with Crippen molar-refractivity contribution in [2.24, 2.45) is 0 Å². The molecular weight excluding hydrogens is 250 g/mol. The first-order chi connectivity index (χ1) is 9.61. The third kappa shape index (κ3) is 3.36. The van der Waals surface area contributed by atoms with Crippen LogP contribution in [0.3, 0.4) is 0 Å². The summed E-state index contributed by atoms with van der Waals surface area (Å²) in [5.41, 5.74) is 3.64. The Morgan fingerprint density at radius 2 is 1.90 bits per heavy atom. The van der Waals surface area contributed by atoms with Crippen LogP contribution >= 0.6 is 0 Å². The fourth-order valence-corrected chi connectivity index (χ4v) is 2.14. The van der Waals surface area contributed by atoms with Gasteiger partial charge in [0.05, 0.1) is 12.3 Å². The molecule has 1 N–H and O–H groups in total. The standard InChI is InChI=1S/C17H21NO2/c1-4-9-20-15-7-5-14(6-8-15)17(19)16-13(3)10-12(2)11-18-16/h5-8,10-11,17,19H,4,9H2,1-3H3. The summed E-state index contributed by atoms with van der Waals surface area (Å²) in [6.45, 7) is 6.75. The molecule has 0 aliphatic carbocycles. The van der Waals surface area contributed by atoms with Crippen LogP contribution in [0, 0.1) is 13.8 Å². The zero-order valence-electron chi connectivity index (χ0n) is 12.3. The van der Waals surface area contributed by atoms with Crippen LogP contribution in [0.5, 0.6) is 5.75 Å². The van der Waals surface area contributed by atoms with Crippen molar-refractivity contribution >= 4 is 0 Å². The molecule has 1 unspecified atom stereocenters. The summed E-state index contributed by atoms with van der Waals surface area (Å²) in [6, 6.07) is 9.58. The maximum absolute atomic E-state index is 10.4. The van der Waals surface area contributed by atoms with Crippen LogP contribution in [0.2, 0.25) is 0 Å². The first-order valence-electron chi connectivity index (χ1n) is 6.95. The molecule has 0 aliphatic rings. The summed E-state index contributed by atoms with van der Waals surface area (Å²) < 4.78 is 5.54. The van der Waals surface area contributed by atoms with E-state index >= 15 is 0 Å². The molecule has 1 aromatic heterocycles. The van der Waals surface area contributed by atoms with E-state index in [9.17, 15) is 5.11 Å². The Hall–Kier alpha value is -1.87. The third-order valence-electron chi connectivity index (χ3n) is 3.18. The number of rotatable bonds is 5. The average Bonchev–Trinajstić information content (AvgIpc) is 2.45. The number of hydrogen-bond donors (Lipinski definition) is 1. The molecule has 0 fully saturated rings. The fraction of sp³-hybridized carbons (Fsp3) is 0.353. The Morgan fingerprint density at radius 1 is 1.20 bits per heavy atom. The molecule has 3 heteroatoms. The Balaban J connectivity index is 2.18. The molecule has 1 atom stereocenters. The lowest BCUT2D eigenvalue weighted by Crippen LogP contribution is -2.05. The van der Waals surface area contributed by atoms with E-state index in [1.54, 1.807) is 6.20 Å². The van der Waals surface area contributed by atoms with E-state index in [4.69, 9.17) is 4.74 Å². The minimum absolute atomic E-state index is 0.698. The third-order valence-corrected chi connectivity index (χ3v) is 3.18. The van der Waals surface area contributed by atoms with Gasteiger partial charge in [-0.25, -0.2) is 0 Å². The van der Waals surface area contributed by atoms with Gasteiger partial charge in [0.25, 0.3) is 0 Å². The minimum Gasteiger partial charge on any atom is -0.494 e. The zero-order chi connectivity index (χ0) is 14.5. The molecule has 0 spiro atoms. The highest BCUT2D eigenvalue weighted by molar-refractivity contribution is 5.35. The summed E-state index contributed by atoms with van der Waals surface area (Å²) in [6.07, 6.45) is 2.07. The van der Waals surface area contributed by atoms with Gasteiger partial charge >= 0.3 is 0 Å². The van der Waals surface area contributed by atoms with Crippen molar-refractivity contribution in [3.8, 4) is 5.75 Å². The maximum atomic E-state index is 10.4. The fourth-order valence-electron chi connectivity index (χ4n) is 2.14. The van der Waals surface area contributed by atoms with Gasteiger partial charge in [0.2, 0.25) is 0 Å². The van der Waals surface area contributed by atoms with Crippen molar-refractivity contribution in [3.05, 3.63) is 58.9 Å². The second-order valence-corrected chi connectivity index (χ2v) is 5.03. The van der Waals surface area contributed by atoms with Crippen molar-refractivity contribution in [2.45, 2.75) is 33.3 Å². The number of aromatic nitrogens is 1. The summed E-state index contributed by atoms with van der Waals surface area (Å²) in [7, 11) is 0. The minimum atomic E-state index is -0.698. The van der Waals surface area contributed by atoms with E-state index in [1.807, 2.05) is 44.2 Å². The maximum Gasteiger partial charge on any atom is 0.121 e. The van der Waals surface area contributed by atoms with E-state index in [-0.39, 0.29) is 0 Å². The first-order valence-corrected chi connectivity index (χ1v) is 6.95. The van der Waals surface area contributed by atoms with Gasteiger partial charge in [-0.1, -0.05) is 25.1 Å². The Labute approximate surface area is 120 Å². The Morgan fingerprint density at radius 3 is 2.50 bits per heavy atom. The quantitative estimate of drug-likeness (QED) is 0.904. The van der Waals surface area contributed by atoms with Crippen LogP contribution in [-0.4, -0.2) is 16.7 Å². The van der Waals surface area contributed by atoms with Gasteiger partial charge in [0.1, 0.15) is 11.9 Å². The van der Waals surface area contributed by atoms with Crippen molar-refractivity contribution < 1.29 is 9.84 Å². The summed E-state index contributed by atoms with van der Waals surface area (Å²) >= 11 is 0. The van der Waals surface area contributed by atoms with Gasteiger partial charge in [-0.05, 0) is 49.1 Å². The van der Waals surface area contributed by atoms with Gasteiger partial charge in [-0.15, -0.1) is 0 Å². The molecule has 0 saturated heterocycles. The number of aliphatic hydroxyl groups excluding tert-OH is 1. The topological polar surface area (TPSA) is 42.4 Å². The molecule has 1 aromatic carbocycles. The predicted octanol–water partition coefficient (Wildman–Crippen LogP) is 3.57. The van der Waals surface area contributed by atoms with Crippen LogP contribution in [0.15, 0.2) is 36.5 Å². The van der Waals surface area contributed by atoms with Crippen LogP contribution in [0.4, 0.5) is 0 Å². The monoisotopic (exact) mass is 271 g/mol. The van der Waals surface area contributed by atoms with E-state index in [2.05, 4.69) is 11.9 Å². The second-order valence-electron chi connectivity index (χ2n) is 5.03. The van der Waals surface area contributed by atoms with Gasteiger partial charge in [0.15, 0.2) is 0 Å². The second kappa shape index (κ2) is 6.53. The van der Waals surface area contributed by atoms with Gasteiger partial charge in [-0.2, -0.15) is 0 Å². The van der Waals surface area contributed by atoms with Crippen LogP contribution in [0.1, 0.15) is 41.8 Å². The highest BCUT2D eigenvalue weighted by atomic mass is 16.5. The van der Waals surface area contributed by atoms with Crippen molar-refractivity contribution in [3.63, 3.8) is 0 Å². The smallest absolute Gasteiger partial charge is 0.121 e. The molecule has 106 valence electrons. The lowest BCUT2D eigenvalue weighted by Gasteiger charge is -2.14. The SMILES string of the molecule is CCCOc1ccc(C(O)c2ncc(C)cc2C)cc1. The van der Waals surface area contributed by atoms with Gasteiger partial charge < -0.3 is 9.84 Å². The largest absolute Gasteiger partial charge is 0.494 e. The van der Waals surface area contributed by atoms with E-state index in [0.717, 1.165) is 28.9 Å². The number of nitrogens with zero attached hydrogens (tertiary/aromatic N) is 1. The van der Waals surface area contributed by atoms with Gasteiger partial charge in [-0.3, -0.25) is 4.98 Å². The van der Waals surface area contributed by atoms with Crippen molar-refractivity contribution in [2.75, 3.05) is 6.61 Å². The first kappa shape index (κ1) is 14.5. The lowest BCUT2D eigenvalue weighted by molar-refractivity contribution is 0.214. The molecule has 0 bridgehead atoms. The predicted molar refractivity (Wildman–Crippen MR) is 80.0 cm³/mol. The van der Waals surface area contributed by atoms with E-state index in [0.29, 0.717) is 12.3 Å². The normalized spacial score (nSPS) is 12.2. The van der Waals surface area contributed by atoms with Crippen molar-refractivity contribution in [1.82, 2.24) is 4.98 Å². The summed E-state index contributed by atoms with van der Waals surface area (Å²) in [4.78, 5) is 4.34. The number of benzene rings is 1. The lowest BCUT2D eigenvalue weighted by atomic mass is 10.0. The molecule has 0 saturated carbocycles. The number of pyridine rings is 1. The van der Waals surface area contributed by atoms with Crippen molar-refractivity contribution in [1.29, 1.82) is 0 Å². The molecule has 0 amide bonds. The van der Waals surface area contributed by atoms with Crippen LogP contribution in [-0.2, 0) is 0 Å². The highest BCUT2D eigenvalue weighted by Gasteiger charge is 2.14. The van der Waals surface area contributed by atoms with E-state index in [1.165, 1.54) is 0 Å². The summed E-state index contributed by atoms with van der Waals surface area (Å²) in [5, 5.41) is 10.4. The molecule has 0 aliphatic heterocycles. The van der Waals surface area contributed by atoms with Gasteiger partial charge in [0, 0.05) is 6.20 Å². The number of ether oxygens (including phenoxy) is 1. The van der Waals surface area contributed by atoms with E-state index < -0.39 is 6.10 Å². The van der Waals surface area contributed by atoms with Crippen LogP contribution < -0.4 is 4.74 Å². The Bertz CT molecular complexity index is 564. The molecule has 3 nitrogen and oxygen atoms in total. The Kier molecular flexibility index (Phi) is 4.74. The molecular formula is C17H21NO2. The number of aliphatic hydroxyl groups is 1. The number of hydrogen-bond acceptors (Lipinski definition) is 3. The van der Waals surface area contributed by atoms with Crippen LogP contribution in [0.25, 0.3) is 0 Å². The highest BCUT2D eigenvalue weighted by Crippen LogP contribution is 2.25. The molecule has 0 radical (unpaired) electrons. The average molecular weight is 271 g/mol. The summed E-state index contributed by atoms with van der Waals surface area (Å²) in [5.74, 6) is 0.830. The number of aryl methyl sites for hydroxylation is 2. The molecule has 20 heavy (non-hydrogen) atoms.